The minimum Gasteiger partial charge on any atom is -0.494 e. The fourth-order valence-corrected chi connectivity index (χ4v) is 3.24. The Labute approximate surface area is 145 Å². The van der Waals surface area contributed by atoms with Crippen LogP contribution in [0.25, 0.3) is 0 Å². The number of rotatable bonds is 9. The molecule has 5 nitrogen and oxygen atoms in total. The van der Waals surface area contributed by atoms with Crippen molar-refractivity contribution in [2.45, 2.75) is 32.2 Å². The first kappa shape index (κ1) is 18.7. The number of hydrogen-bond donors (Lipinski definition) is 0. The molecule has 0 spiro atoms. The lowest BCUT2D eigenvalue weighted by molar-refractivity contribution is -0.133. The van der Waals surface area contributed by atoms with E-state index in [1.54, 1.807) is 7.11 Å². The van der Waals surface area contributed by atoms with E-state index in [9.17, 15) is 4.79 Å². The summed E-state index contributed by atoms with van der Waals surface area (Å²) in [4.78, 5) is 16.8. The summed E-state index contributed by atoms with van der Waals surface area (Å²) in [5.74, 6) is 1.10. The normalized spacial score (nSPS) is 17.5. The minimum atomic E-state index is 0.195. The summed E-state index contributed by atoms with van der Waals surface area (Å²) in [7, 11) is 3.70. The third kappa shape index (κ3) is 5.21. The molecule has 1 aliphatic rings. The van der Waals surface area contributed by atoms with Gasteiger partial charge in [0.25, 0.3) is 0 Å². The molecule has 24 heavy (non-hydrogen) atoms. The summed E-state index contributed by atoms with van der Waals surface area (Å²) in [6.45, 7) is 5.58. The maximum atomic E-state index is 12.7. The first-order chi connectivity index (χ1) is 11.7. The number of amides is 1. The van der Waals surface area contributed by atoms with Crippen molar-refractivity contribution in [3.05, 3.63) is 29.8 Å². The number of carbonyl (C=O) groups is 1. The highest BCUT2D eigenvalue weighted by molar-refractivity contribution is 5.79. The molecule has 1 amide bonds. The largest absolute Gasteiger partial charge is 0.494 e. The molecular weight excluding hydrogens is 304 g/mol. The van der Waals surface area contributed by atoms with Gasteiger partial charge in [-0.1, -0.05) is 12.1 Å². The van der Waals surface area contributed by atoms with Gasteiger partial charge in [0.15, 0.2) is 0 Å². The second-order valence-corrected chi connectivity index (χ2v) is 6.33. The molecule has 1 aromatic rings. The maximum absolute atomic E-state index is 12.7. The van der Waals surface area contributed by atoms with Gasteiger partial charge >= 0.3 is 0 Å². The molecular formula is C19H30N2O3. The van der Waals surface area contributed by atoms with E-state index in [-0.39, 0.29) is 11.9 Å². The van der Waals surface area contributed by atoms with Crippen LogP contribution in [-0.2, 0) is 9.53 Å². The van der Waals surface area contributed by atoms with Crippen LogP contribution in [0.3, 0.4) is 0 Å². The fraction of sp³-hybridized carbons (Fsp3) is 0.632. The molecule has 1 atom stereocenters. The molecule has 1 aliphatic heterocycles. The van der Waals surface area contributed by atoms with Crippen LogP contribution in [0.1, 0.15) is 37.8 Å². The van der Waals surface area contributed by atoms with E-state index in [0.29, 0.717) is 13.2 Å². The van der Waals surface area contributed by atoms with Crippen LogP contribution in [0.2, 0.25) is 0 Å². The van der Waals surface area contributed by atoms with Crippen LogP contribution in [0.15, 0.2) is 24.3 Å². The van der Waals surface area contributed by atoms with E-state index in [1.165, 1.54) is 5.56 Å². The van der Waals surface area contributed by atoms with Gasteiger partial charge in [0.2, 0.25) is 5.91 Å². The summed E-state index contributed by atoms with van der Waals surface area (Å²) in [6.07, 6.45) is 3.05. The van der Waals surface area contributed by atoms with Crippen molar-refractivity contribution in [1.82, 2.24) is 9.80 Å². The van der Waals surface area contributed by atoms with Crippen molar-refractivity contribution < 1.29 is 14.3 Å². The van der Waals surface area contributed by atoms with Gasteiger partial charge in [0, 0.05) is 26.8 Å². The number of benzene rings is 1. The minimum absolute atomic E-state index is 0.195. The third-order valence-electron chi connectivity index (χ3n) is 4.44. The Morgan fingerprint density at radius 3 is 2.75 bits per heavy atom. The van der Waals surface area contributed by atoms with Gasteiger partial charge < -0.3 is 14.4 Å². The zero-order valence-electron chi connectivity index (χ0n) is 15.2. The Kier molecular flexibility index (Phi) is 7.53. The van der Waals surface area contributed by atoms with Crippen LogP contribution < -0.4 is 4.74 Å². The first-order valence-electron chi connectivity index (χ1n) is 8.85. The van der Waals surface area contributed by atoms with Gasteiger partial charge in [-0.25, -0.2) is 0 Å². The summed E-state index contributed by atoms with van der Waals surface area (Å²) >= 11 is 0. The van der Waals surface area contributed by atoms with Crippen molar-refractivity contribution in [2.75, 3.05) is 47.0 Å². The van der Waals surface area contributed by atoms with Crippen molar-refractivity contribution in [3.63, 3.8) is 0 Å². The van der Waals surface area contributed by atoms with Crippen LogP contribution >= 0.6 is 0 Å². The highest BCUT2D eigenvalue weighted by Gasteiger charge is 2.30. The quantitative estimate of drug-likeness (QED) is 0.651. The summed E-state index contributed by atoms with van der Waals surface area (Å²) in [6, 6.07) is 8.36. The van der Waals surface area contributed by atoms with Crippen LogP contribution in [0.4, 0.5) is 0 Å². The van der Waals surface area contributed by atoms with Crippen molar-refractivity contribution in [2.24, 2.45) is 0 Å². The standard InChI is InChI=1S/C19H30N2O3/c1-4-24-17-10-8-16(9-11-17)18-7-5-13-21(18)19(22)15-20(2)12-6-14-23-3/h8-11,18H,4-7,12-15H2,1-3H3. The molecule has 0 radical (unpaired) electrons. The van der Waals surface area contributed by atoms with Crippen LogP contribution in [0.5, 0.6) is 5.75 Å². The first-order valence-corrected chi connectivity index (χ1v) is 8.85. The summed E-state index contributed by atoms with van der Waals surface area (Å²) < 4.78 is 10.6. The average Bonchev–Trinajstić information content (AvgIpc) is 3.06. The van der Waals surface area contributed by atoms with Crippen molar-refractivity contribution in [3.8, 4) is 5.75 Å². The molecule has 0 aromatic heterocycles. The van der Waals surface area contributed by atoms with E-state index in [1.807, 2.05) is 31.0 Å². The summed E-state index contributed by atoms with van der Waals surface area (Å²) in [5.41, 5.74) is 1.20. The molecule has 2 rings (SSSR count). The smallest absolute Gasteiger partial charge is 0.237 e. The number of nitrogens with zero attached hydrogens (tertiary/aromatic N) is 2. The molecule has 1 saturated heterocycles. The van der Waals surface area contributed by atoms with Gasteiger partial charge in [0.05, 0.1) is 19.2 Å². The van der Waals surface area contributed by atoms with E-state index in [4.69, 9.17) is 9.47 Å². The highest BCUT2D eigenvalue weighted by atomic mass is 16.5. The van der Waals surface area contributed by atoms with Gasteiger partial charge in [-0.15, -0.1) is 0 Å². The number of hydrogen-bond acceptors (Lipinski definition) is 4. The molecule has 1 fully saturated rings. The molecule has 0 N–H and O–H groups in total. The van der Waals surface area contributed by atoms with E-state index >= 15 is 0 Å². The van der Waals surface area contributed by atoms with Gasteiger partial charge in [-0.3, -0.25) is 9.69 Å². The zero-order chi connectivity index (χ0) is 17.4. The maximum Gasteiger partial charge on any atom is 0.237 e. The number of methoxy groups -OCH3 is 1. The van der Waals surface area contributed by atoms with Crippen molar-refractivity contribution >= 4 is 5.91 Å². The van der Waals surface area contributed by atoms with E-state index in [0.717, 1.165) is 44.7 Å². The fourth-order valence-electron chi connectivity index (χ4n) is 3.24. The Morgan fingerprint density at radius 1 is 1.33 bits per heavy atom. The number of likely N-dealkylation sites (N-methyl/N-ethyl adjacent to an activating group) is 1. The molecule has 1 unspecified atom stereocenters. The predicted octanol–water partition coefficient (Wildman–Crippen LogP) is 2.72. The number of likely N-dealkylation sites (tertiary alicyclic amines) is 1. The summed E-state index contributed by atoms with van der Waals surface area (Å²) in [5, 5.41) is 0. The Hall–Kier alpha value is -1.59. The van der Waals surface area contributed by atoms with Gasteiger partial charge in [-0.05, 0) is 50.9 Å². The Balaban J connectivity index is 1.92. The predicted molar refractivity (Wildman–Crippen MR) is 95.3 cm³/mol. The molecule has 0 aliphatic carbocycles. The van der Waals surface area contributed by atoms with E-state index < -0.39 is 0 Å². The van der Waals surface area contributed by atoms with Crippen molar-refractivity contribution in [1.29, 1.82) is 0 Å². The lowest BCUT2D eigenvalue weighted by atomic mass is 10.0. The number of carbonyl (C=O) groups excluding carboxylic acids is 1. The highest BCUT2D eigenvalue weighted by Crippen LogP contribution is 2.32. The molecule has 0 bridgehead atoms. The topological polar surface area (TPSA) is 42.0 Å². The zero-order valence-corrected chi connectivity index (χ0v) is 15.2. The Bertz CT molecular complexity index is 504. The van der Waals surface area contributed by atoms with Crippen LogP contribution in [-0.4, -0.2) is 62.7 Å². The molecule has 134 valence electrons. The lowest BCUT2D eigenvalue weighted by Gasteiger charge is -2.27. The molecule has 1 aromatic carbocycles. The van der Waals surface area contributed by atoms with Gasteiger partial charge in [-0.2, -0.15) is 0 Å². The van der Waals surface area contributed by atoms with E-state index in [2.05, 4.69) is 17.0 Å². The monoisotopic (exact) mass is 334 g/mol. The molecule has 5 heteroatoms. The lowest BCUT2D eigenvalue weighted by Crippen LogP contribution is -2.39. The molecule has 1 heterocycles. The van der Waals surface area contributed by atoms with Gasteiger partial charge in [0.1, 0.15) is 5.75 Å². The SMILES string of the molecule is CCOc1ccc(C2CCCN2C(=O)CN(C)CCCOC)cc1. The average molecular weight is 334 g/mol. The Morgan fingerprint density at radius 2 is 2.08 bits per heavy atom. The number of ether oxygens (including phenoxy) is 2. The third-order valence-corrected chi connectivity index (χ3v) is 4.44. The molecule has 0 saturated carbocycles. The van der Waals surface area contributed by atoms with Crippen LogP contribution in [0, 0.1) is 0 Å². The second-order valence-electron chi connectivity index (χ2n) is 6.33. The second kappa shape index (κ2) is 9.64.